The minimum atomic E-state index is -3.89. The normalized spacial score (nSPS) is 11.2. The summed E-state index contributed by atoms with van der Waals surface area (Å²) in [7, 11) is -3.89. The maximum absolute atomic E-state index is 12.6. The van der Waals surface area contributed by atoms with Crippen LogP contribution in [0.2, 0.25) is 0 Å². The molecule has 0 aliphatic carbocycles. The summed E-state index contributed by atoms with van der Waals surface area (Å²) in [6, 6.07) is 14.2. The quantitative estimate of drug-likeness (QED) is 0.615. The maximum Gasteiger partial charge on any atom is 0.291 e. The van der Waals surface area contributed by atoms with Gasteiger partial charge in [0.1, 0.15) is 0 Å². The zero-order valence-corrected chi connectivity index (χ0v) is 16.4. The van der Waals surface area contributed by atoms with E-state index in [4.69, 9.17) is 0 Å². The van der Waals surface area contributed by atoms with Crippen molar-refractivity contribution in [2.45, 2.75) is 24.6 Å². The molecule has 0 bridgehead atoms. The zero-order valence-electron chi connectivity index (χ0n) is 14.8. The second-order valence-electron chi connectivity index (χ2n) is 5.81. The molecule has 0 aliphatic heterocycles. The van der Waals surface area contributed by atoms with E-state index in [1.807, 2.05) is 32.0 Å². The molecule has 2 aromatic carbocycles. The summed E-state index contributed by atoms with van der Waals surface area (Å²) in [5.41, 5.74) is 2.78. The van der Waals surface area contributed by atoms with Gasteiger partial charge < -0.3 is 0 Å². The molecule has 1 heterocycles. The molecule has 7 nitrogen and oxygen atoms in total. The molecule has 0 saturated heterocycles. The summed E-state index contributed by atoms with van der Waals surface area (Å²) in [5, 5.41) is 10.2. The number of rotatable bonds is 6. The van der Waals surface area contributed by atoms with Crippen molar-refractivity contribution in [2.75, 3.05) is 10.0 Å². The number of benzene rings is 2. The van der Waals surface area contributed by atoms with Crippen LogP contribution in [0.1, 0.15) is 28.4 Å². The fourth-order valence-corrected chi connectivity index (χ4v) is 4.44. The summed E-state index contributed by atoms with van der Waals surface area (Å²) < 4.78 is 27.4. The molecule has 0 unspecified atom stereocenters. The summed E-state index contributed by atoms with van der Waals surface area (Å²) in [6.07, 6.45) is 0.687. The Bertz CT molecular complexity index is 1080. The van der Waals surface area contributed by atoms with Crippen LogP contribution in [-0.4, -0.2) is 24.5 Å². The van der Waals surface area contributed by atoms with Crippen molar-refractivity contribution in [3.8, 4) is 0 Å². The number of carbonyl (C=O) groups excluding carboxylic acids is 1. The van der Waals surface area contributed by atoms with Crippen LogP contribution in [0.5, 0.6) is 0 Å². The van der Waals surface area contributed by atoms with Gasteiger partial charge in [0.15, 0.2) is 0 Å². The van der Waals surface area contributed by atoms with E-state index in [9.17, 15) is 13.2 Å². The number of hydrogen-bond donors (Lipinski definition) is 2. The number of sulfonamides is 1. The standard InChI is InChI=1S/C18H18N4O3S2/c1-3-13-8-4-5-10-15(13)22-27(24,25)18-21-20-17(26-18)19-16(23)14-9-6-7-12(2)11-14/h4-11,22H,3H2,1-2H3,(H,19,20,23). The lowest BCUT2D eigenvalue weighted by atomic mass is 10.1. The molecule has 2 N–H and O–H groups in total. The van der Waals surface area contributed by atoms with Crippen LogP contribution in [0.4, 0.5) is 10.8 Å². The van der Waals surface area contributed by atoms with Crippen LogP contribution in [0.3, 0.4) is 0 Å². The molecule has 140 valence electrons. The summed E-state index contributed by atoms with van der Waals surface area (Å²) in [5.74, 6) is -0.372. The maximum atomic E-state index is 12.6. The highest BCUT2D eigenvalue weighted by atomic mass is 32.2. The van der Waals surface area contributed by atoms with Crippen molar-refractivity contribution >= 4 is 38.1 Å². The molecule has 3 aromatic rings. The van der Waals surface area contributed by atoms with Gasteiger partial charge in [-0.15, -0.1) is 10.2 Å². The van der Waals surface area contributed by atoms with E-state index < -0.39 is 10.0 Å². The summed E-state index contributed by atoms with van der Waals surface area (Å²) >= 11 is 0.795. The first-order valence-corrected chi connectivity index (χ1v) is 10.5. The number of anilines is 2. The van der Waals surface area contributed by atoms with Crippen molar-refractivity contribution in [3.05, 3.63) is 65.2 Å². The molecule has 27 heavy (non-hydrogen) atoms. The fraction of sp³-hybridized carbons (Fsp3) is 0.167. The van der Waals surface area contributed by atoms with Crippen LogP contribution >= 0.6 is 11.3 Å². The Morgan fingerprint density at radius 2 is 1.89 bits per heavy atom. The molecule has 1 aromatic heterocycles. The molecule has 0 radical (unpaired) electrons. The highest BCUT2D eigenvalue weighted by Crippen LogP contribution is 2.25. The van der Waals surface area contributed by atoms with Crippen LogP contribution in [0, 0.1) is 6.92 Å². The number of aromatic nitrogens is 2. The third kappa shape index (κ3) is 4.50. The number of para-hydroxylation sites is 1. The van der Waals surface area contributed by atoms with E-state index in [0.29, 0.717) is 17.7 Å². The van der Waals surface area contributed by atoms with Gasteiger partial charge in [0.2, 0.25) is 5.13 Å². The molecule has 0 atom stereocenters. The number of nitrogens with zero attached hydrogens (tertiary/aromatic N) is 2. The van der Waals surface area contributed by atoms with E-state index in [-0.39, 0.29) is 15.4 Å². The third-order valence-electron chi connectivity index (χ3n) is 3.78. The molecule has 3 rings (SSSR count). The van der Waals surface area contributed by atoms with E-state index in [1.54, 1.807) is 30.3 Å². The van der Waals surface area contributed by atoms with Crippen molar-refractivity contribution in [1.29, 1.82) is 0 Å². The third-order valence-corrected chi connectivity index (χ3v) is 6.35. The lowest BCUT2D eigenvalue weighted by Gasteiger charge is -2.09. The van der Waals surface area contributed by atoms with Gasteiger partial charge in [0, 0.05) is 5.56 Å². The highest BCUT2D eigenvalue weighted by molar-refractivity contribution is 7.94. The average Bonchev–Trinajstić information content (AvgIpc) is 3.11. The number of carbonyl (C=O) groups is 1. The molecule has 0 spiro atoms. The minimum absolute atomic E-state index is 0.116. The average molecular weight is 403 g/mol. The number of hydrogen-bond acceptors (Lipinski definition) is 6. The molecule has 0 aliphatic rings. The van der Waals surface area contributed by atoms with Crippen molar-refractivity contribution in [3.63, 3.8) is 0 Å². The Hall–Kier alpha value is -2.78. The first-order chi connectivity index (χ1) is 12.9. The number of nitrogens with one attached hydrogen (secondary N) is 2. The van der Waals surface area contributed by atoms with Crippen LogP contribution < -0.4 is 10.0 Å². The summed E-state index contributed by atoms with van der Waals surface area (Å²) in [6.45, 7) is 3.82. The molecular formula is C18H18N4O3S2. The van der Waals surface area contributed by atoms with Crippen LogP contribution in [-0.2, 0) is 16.4 Å². The number of amides is 1. The monoisotopic (exact) mass is 402 g/mol. The van der Waals surface area contributed by atoms with E-state index in [1.165, 1.54) is 0 Å². The Balaban J connectivity index is 1.77. The molecule has 0 saturated carbocycles. The van der Waals surface area contributed by atoms with E-state index in [2.05, 4.69) is 20.2 Å². The first-order valence-electron chi connectivity index (χ1n) is 8.21. The van der Waals surface area contributed by atoms with Gasteiger partial charge in [-0.05, 0) is 37.1 Å². The predicted molar refractivity (Wildman–Crippen MR) is 106 cm³/mol. The van der Waals surface area contributed by atoms with Gasteiger partial charge in [-0.1, -0.05) is 54.2 Å². The highest BCUT2D eigenvalue weighted by Gasteiger charge is 2.22. The van der Waals surface area contributed by atoms with Gasteiger partial charge in [-0.3, -0.25) is 14.8 Å². The van der Waals surface area contributed by atoms with Crippen LogP contribution in [0.25, 0.3) is 0 Å². The van der Waals surface area contributed by atoms with Crippen molar-refractivity contribution in [2.24, 2.45) is 0 Å². The number of aryl methyl sites for hydroxylation is 2. The van der Waals surface area contributed by atoms with Crippen molar-refractivity contribution < 1.29 is 13.2 Å². The first kappa shape index (κ1) is 19.0. The molecule has 0 fully saturated rings. The van der Waals surface area contributed by atoms with Gasteiger partial charge >= 0.3 is 0 Å². The largest absolute Gasteiger partial charge is 0.296 e. The topological polar surface area (TPSA) is 101 Å². The van der Waals surface area contributed by atoms with E-state index in [0.717, 1.165) is 22.5 Å². The Morgan fingerprint density at radius 1 is 1.11 bits per heavy atom. The van der Waals surface area contributed by atoms with Gasteiger partial charge in [-0.2, -0.15) is 8.42 Å². The Labute approximate surface area is 161 Å². The second kappa shape index (κ2) is 7.85. The fourth-order valence-electron chi connectivity index (χ4n) is 2.44. The lowest BCUT2D eigenvalue weighted by molar-refractivity contribution is 0.102. The Kier molecular flexibility index (Phi) is 5.52. The molecular weight excluding hydrogens is 384 g/mol. The smallest absolute Gasteiger partial charge is 0.291 e. The molecule has 9 heteroatoms. The minimum Gasteiger partial charge on any atom is -0.296 e. The molecule has 1 amide bonds. The van der Waals surface area contributed by atoms with Crippen LogP contribution in [0.15, 0.2) is 52.9 Å². The van der Waals surface area contributed by atoms with Gasteiger partial charge in [0.05, 0.1) is 5.69 Å². The predicted octanol–water partition coefficient (Wildman–Crippen LogP) is 3.46. The van der Waals surface area contributed by atoms with Gasteiger partial charge in [0.25, 0.3) is 20.3 Å². The SMILES string of the molecule is CCc1ccccc1NS(=O)(=O)c1nnc(NC(=O)c2cccc(C)c2)s1. The lowest BCUT2D eigenvalue weighted by Crippen LogP contribution is -2.14. The van der Waals surface area contributed by atoms with Gasteiger partial charge in [-0.25, -0.2) is 0 Å². The summed E-state index contributed by atoms with van der Waals surface area (Å²) in [4.78, 5) is 12.3. The zero-order chi connectivity index (χ0) is 19.4. The van der Waals surface area contributed by atoms with E-state index >= 15 is 0 Å². The second-order valence-corrected chi connectivity index (χ2v) is 8.65. The Morgan fingerprint density at radius 3 is 2.63 bits per heavy atom. The van der Waals surface area contributed by atoms with Crippen molar-refractivity contribution in [1.82, 2.24) is 10.2 Å².